The van der Waals surface area contributed by atoms with Crippen LogP contribution in [0.3, 0.4) is 0 Å². The Morgan fingerprint density at radius 3 is 2.33 bits per heavy atom. The van der Waals surface area contributed by atoms with Crippen molar-refractivity contribution in [3.63, 3.8) is 0 Å². The van der Waals surface area contributed by atoms with Gasteiger partial charge in [0.05, 0.1) is 13.4 Å². The van der Waals surface area contributed by atoms with Gasteiger partial charge < -0.3 is 4.74 Å². The molecule has 0 aromatic heterocycles. The van der Waals surface area contributed by atoms with Crippen molar-refractivity contribution in [2.75, 3.05) is 41.1 Å². The van der Waals surface area contributed by atoms with Gasteiger partial charge in [0.1, 0.15) is 0 Å². The minimum Gasteiger partial charge on any atom is -0.366 e. The van der Waals surface area contributed by atoms with Crippen LogP contribution in [0.25, 0.3) is 0 Å². The van der Waals surface area contributed by atoms with E-state index in [0.717, 1.165) is 26.4 Å². The van der Waals surface area contributed by atoms with Gasteiger partial charge in [-0.1, -0.05) is 13.3 Å². The topological polar surface area (TPSA) is 15.7 Å². The van der Waals surface area contributed by atoms with Crippen molar-refractivity contribution < 1.29 is 4.74 Å². The zero-order valence-corrected chi connectivity index (χ0v) is 8.84. The summed E-state index contributed by atoms with van der Waals surface area (Å²) in [6, 6.07) is 0. The van der Waals surface area contributed by atoms with Gasteiger partial charge in [-0.05, 0) is 27.6 Å². The van der Waals surface area contributed by atoms with E-state index in [4.69, 9.17) is 4.74 Å². The van der Waals surface area contributed by atoms with Gasteiger partial charge in [-0.3, -0.25) is 9.80 Å². The molecule has 0 aliphatic rings. The largest absolute Gasteiger partial charge is 0.366 e. The molecular formula is C9H22N2O. The fourth-order valence-corrected chi connectivity index (χ4v) is 0.990. The first-order valence-electron chi connectivity index (χ1n) is 4.57. The second-order valence-electron chi connectivity index (χ2n) is 3.47. The summed E-state index contributed by atoms with van der Waals surface area (Å²) in [6.45, 7) is 4.74. The molecule has 3 heteroatoms. The number of unbranched alkanes of at least 4 members (excludes halogenated alkanes) is 1. The van der Waals surface area contributed by atoms with Crippen molar-refractivity contribution in [1.82, 2.24) is 9.80 Å². The van der Waals surface area contributed by atoms with Gasteiger partial charge in [0, 0.05) is 6.61 Å². The van der Waals surface area contributed by atoms with Crippen LogP contribution >= 0.6 is 0 Å². The van der Waals surface area contributed by atoms with Gasteiger partial charge in [-0.15, -0.1) is 0 Å². The van der Waals surface area contributed by atoms with Gasteiger partial charge in [-0.25, -0.2) is 0 Å². The summed E-state index contributed by atoms with van der Waals surface area (Å²) in [4.78, 5) is 4.28. The highest BCUT2D eigenvalue weighted by atomic mass is 16.5. The number of ether oxygens (including phenoxy) is 1. The van der Waals surface area contributed by atoms with Crippen molar-refractivity contribution in [3.05, 3.63) is 0 Å². The Labute approximate surface area is 76.3 Å². The molecule has 0 spiro atoms. The Morgan fingerprint density at radius 2 is 1.83 bits per heavy atom. The lowest BCUT2D eigenvalue weighted by atomic mass is 10.4. The first-order chi connectivity index (χ1) is 5.66. The molecule has 0 saturated carbocycles. The summed E-state index contributed by atoms with van der Waals surface area (Å²) in [5, 5.41) is 0. The van der Waals surface area contributed by atoms with E-state index in [1.54, 1.807) is 0 Å². The van der Waals surface area contributed by atoms with E-state index < -0.39 is 0 Å². The normalized spacial score (nSPS) is 11.5. The third kappa shape index (κ3) is 7.98. The van der Waals surface area contributed by atoms with Crippen molar-refractivity contribution in [3.8, 4) is 0 Å². The summed E-state index contributed by atoms with van der Waals surface area (Å²) >= 11 is 0. The molecule has 0 rings (SSSR count). The maximum Gasteiger partial charge on any atom is 0.0997 e. The van der Waals surface area contributed by atoms with Crippen LogP contribution in [0, 0.1) is 0 Å². The molecule has 3 nitrogen and oxygen atoms in total. The molecule has 0 aromatic rings. The Kier molecular flexibility index (Phi) is 7.45. The Hall–Kier alpha value is -0.120. The van der Waals surface area contributed by atoms with Crippen LogP contribution in [0.15, 0.2) is 0 Å². The molecule has 0 bridgehead atoms. The molecule has 0 atom stereocenters. The predicted octanol–water partition coefficient (Wildman–Crippen LogP) is 1.21. The standard InChI is InChI=1S/C9H22N2O/c1-5-6-7-12-9-11(4)8-10(2)3/h5-9H2,1-4H3. The Bertz CT molecular complexity index is 96.5. The fourth-order valence-electron chi connectivity index (χ4n) is 0.990. The number of rotatable bonds is 7. The molecule has 0 aliphatic carbocycles. The van der Waals surface area contributed by atoms with Crippen LogP contribution in [0.4, 0.5) is 0 Å². The van der Waals surface area contributed by atoms with Crippen LogP contribution in [0.5, 0.6) is 0 Å². The maximum atomic E-state index is 5.44. The van der Waals surface area contributed by atoms with Crippen molar-refractivity contribution in [2.24, 2.45) is 0 Å². The fraction of sp³-hybridized carbons (Fsp3) is 1.00. The van der Waals surface area contributed by atoms with E-state index in [9.17, 15) is 0 Å². The third-order valence-electron chi connectivity index (χ3n) is 1.48. The third-order valence-corrected chi connectivity index (χ3v) is 1.48. The second kappa shape index (κ2) is 7.53. The lowest BCUT2D eigenvalue weighted by Gasteiger charge is -2.20. The summed E-state index contributed by atoms with van der Waals surface area (Å²) in [5.41, 5.74) is 0. The second-order valence-corrected chi connectivity index (χ2v) is 3.47. The molecule has 74 valence electrons. The minimum absolute atomic E-state index is 0.734. The maximum absolute atomic E-state index is 5.44. The van der Waals surface area contributed by atoms with E-state index in [1.807, 2.05) is 0 Å². The highest BCUT2D eigenvalue weighted by Gasteiger charge is 1.97. The summed E-state index contributed by atoms with van der Waals surface area (Å²) in [6.07, 6.45) is 2.37. The van der Waals surface area contributed by atoms with Crippen molar-refractivity contribution in [1.29, 1.82) is 0 Å². The quantitative estimate of drug-likeness (QED) is 0.426. The lowest BCUT2D eigenvalue weighted by Crippen LogP contribution is -2.32. The minimum atomic E-state index is 0.734. The average molecular weight is 174 g/mol. The van der Waals surface area contributed by atoms with E-state index >= 15 is 0 Å². The molecular weight excluding hydrogens is 152 g/mol. The van der Waals surface area contributed by atoms with E-state index in [0.29, 0.717) is 0 Å². The van der Waals surface area contributed by atoms with Gasteiger partial charge >= 0.3 is 0 Å². The highest BCUT2D eigenvalue weighted by molar-refractivity contribution is 4.41. The molecule has 0 radical (unpaired) electrons. The van der Waals surface area contributed by atoms with Crippen LogP contribution < -0.4 is 0 Å². The molecule has 0 amide bonds. The zero-order valence-electron chi connectivity index (χ0n) is 8.84. The smallest absolute Gasteiger partial charge is 0.0997 e. The average Bonchev–Trinajstić information content (AvgIpc) is 1.97. The van der Waals surface area contributed by atoms with E-state index in [1.165, 1.54) is 6.42 Å². The van der Waals surface area contributed by atoms with Crippen LogP contribution in [-0.4, -0.2) is 50.9 Å². The molecule has 0 aromatic carbocycles. The van der Waals surface area contributed by atoms with Gasteiger partial charge in [0.2, 0.25) is 0 Å². The molecule has 0 unspecified atom stereocenters. The van der Waals surface area contributed by atoms with Gasteiger partial charge in [0.25, 0.3) is 0 Å². The van der Waals surface area contributed by atoms with Crippen molar-refractivity contribution in [2.45, 2.75) is 19.8 Å². The summed E-state index contributed by atoms with van der Waals surface area (Å²) < 4.78 is 5.44. The number of hydrogen-bond donors (Lipinski definition) is 0. The molecule has 0 N–H and O–H groups in total. The molecule has 0 heterocycles. The SMILES string of the molecule is CCCCOCN(C)CN(C)C. The Balaban J connectivity index is 3.14. The number of hydrogen-bond acceptors (Lipinski definition) is 3. The van der Waals surface area contributed by atoms with Crippen LogP contribution in [0.2, 0.25) is 0 Å². The summed E-state index contributed by atoms with van der Waals surface area (Å²) in [7, 11) is 6.18. The van der Waals surface area contributed by atoms with E-state index in [-0.39, 0.29) is 0 Å². The predicted molar refractivity (Wildman–Crippen MR) is 52.0 cm³/mol. The monoisotopic (exact) mass is 174 g/mol. The molecule has 0 saturated heterocycles. The number of nitrogens with zero attached hydrogens (tertiary/aromatic N) is 2. The molecule has 0 aliphatic heterocycles. The summed E-state index contributed by atoms with van der Waals surface area (Å²) in [5.74, 6) is 0. The van der Waals surface area contributed by atoms with Gasteiger partial charge in [-0.2, -0.15) is 0 Å². The van der Waals surface area contributed by atoms with Crippen LogP contribution in [0.1, 0.15) is 19.8 Å². The zero-order chi connectivity index (χ0) is 9.40. The van der Waals surface area contributed by atoms with E-state index in [2.05, 4.69) is 37.9 Å². The Morgan fingerprint density at radius 1 is 1.17 bits per heavy atom. The highest BCUT2D eigenvalue weighted by Crippen LogP contribution is 1.90. The first kappa shape index (κ1) is 11.9. The van der Waals surface area contributed by atoms with Crippen molar-refractivity contribution >= 4 is 0 Å². The van der Waals surface area contributed by atoms with Gasteiger partial charge in [0.15, 0.2) is 0 Å². The van der Waals surface area contributed by atoms with Crippen LogP contribution in [-0.2, 0) is 4.74 Å². The lowest BCUT2D eigenvalue weighted by molar-refractivity contribution is 0.0215. The molecule has 12 heavy (non-hydrogen) atoms. The molecule has 0 fully saturated rings. The first-order valence-corrected chi connectivity index (χ1v) is 4.57.